The number of anilines is 1. The molecule has 2 heterocycles. The third-order valence-corrected chi connectivity index (χ3v) is 5.53. The molecule has 6 nitrogen and oxygen atoms in total. The molecule has 4 rings (SSSR count). The van der Waals surface area contributed by atoms with Crippen molar-refractivity contribution in [3.8, 4) is 22.4 Å². The van der Waals surface area contributed by atoms with Crippen LogP contribution >= 0.6 is 0 Å². The molecule has 0 spiro atoms. The van der Waals surface area contributed by atoms with Gasteiger partial charge < -0.3 is 5.32 Å². The maximum atomic E-state index is 13.3. The van der Waals surface area contributed by atoms with E-state index in [1.165, 1.54) is 12.1 Å². The minimum Gasteiger partial charge on any atom is -0.383 e. The van der Waals surface area contributed by atoms with Crippen molar-refractivity contribution in [1.82, 2.24) is 14.8 Å². The van der Waals surface area contributed by atoms with Gasteiger partial charge in [-0.05, 0) is 53.1 Å². The molecule has 0 bridgehead atoms. The highest BCUT2D eigenvalue weighted by Crippen LogP contribution is 2.32. The Morgan fingerprint density at radius 3 is 2.50 bits per heavy atom. The molecule has 0 fully saturated rings. The topological polar surface area (TPSA) is 76.9 Å². The lowest BCUT2D eigenvalue weighted by atomic mass is 10.00. The van der Waals surface area contributed by atoms with E-state index < -0.39 is 16.0 Å². The third kappa shape index (κ3) is 5.55. The second kappa shape index (κ2) is 9.27. The quantitative estimate of drug-likeness (QED) is 0.397. The van der Waals surface area contributed by atoms with Gasteiger partial charge in [0, 0.05) is 36.4 Å². The SMILES string of the molecule is O=S(=O)(F)CCNc1ccc(-c2ccc(F)cc2)cc1-c1ccn(Cc2cccnc2)n1. The molecule has 0 atom stereocenters. The summed E-state index contributed by atoms with van der Waals surface area (Å²) in [6.45, 7) is 0.451. The van der Waals surface area contributed by atoms with Crippen molar-refractivity contribution >= 4 is 15.9 Å². The van der Waals surface area contributed by atoms with Gasteiger partial charge in [-0.15, -0.1) is 3.89 Å². The number of nitrogens with one attached hydrogen (secondary N) is 1. The zero-order chi connectivity index (χ0) is 22.6. The average molecular weight is 455 g/mol. The summed E-state index contributed by atoms with van der Waals surface area (Å²) >= 11 is 0. The van der Waals surface area contributed by atoms with E-state index >= 15 is 0 Å². The second-order valence-corrected chi connectivity index (χ2v) is 8.68. The average Bonchev–Trinajstić information content (AvgIpc) is 3.23. The van der Waals surface area contributed by atoms with E-state index in [4.69, 9.17) is 0 Å². The van der Waals surface area contributed by atoms with E-state index in [0.717, 1.165) is 16.7 Å². The van der Waals surface area contributed by atoms with E-state index in [1.54, 1.807) is 35.3 Å². The van der Waals surface area contributed by atoms with E-state index in [9.17, 15) is 16.7 Å². The van der Waals surface area contributed by atoms with Gasteiger partial charge in [-0.3, -0.25) is 9.67 Å². The predicted molar refractivity (Wildman–Crippen MR) is 120 cm³/mol. The van der Waals surface area contributed by atoms with Crippen LogP contribution in [0.25, 0.3) is 22.4 Å². The summed E-state index contributed by atoms with van der Waals surface area (Å²) in [5.41, 5.74) is 4.64. The monoisotopic (exact) mass is 454 g/mol. The van der Waals surface area contributed by atoms with Crippen LogP contribution in [-0.2, 0) is 16.8 Å². The van der Waals surface area contributed by atoms with Crippen molar-refractivity contribution in [3.05, 3.63) is 90.6 Å². The van der Waals surface area contributed by atoms with Gasteiger partial charge in [0.15, 0.2) is 0 Å². The molecule has 1 N–H and O–H groups in total. The Morgan fingerprint density at radius 2 is 1.78 bits per heavy atom. The normalized spacial score (nSPS) is 11.4. The van der Waals surface area contributed by atoms with Gasteiger partial charge in [-0.25, -0.2) is 4.39 Å². The fourth-order valence-corrected chi connectivity index (χ4v) is 3.66. The summed E-state index contributed by atoms with van der Waals surface area (Å²) in [7, 11) is -4.58. The lowest BCUT2D eigenvalue weighted by molar-refractivity contribution is 0.552. The first kappa shape index (κ1) is 21.6. The van der Waals surface area contributed by atoms with Gasteiger partial charge in [0.1, 0.15) is 5.82 Å². The van der Waals surface area contributed by atoms with Crippen LogP contribution in [0, 0.1) is 5.82 Å². The number of pyridine rings is 1. The Hall–Kier alpha value is -3.59. The smallest absolute Gasteiger partial charge is 0.304 e. The second-order valence-electron chi connectivity index (χ2n) is 7.20. The molecule has 9 heteroatoms. The fourth-order valence-electron chi connectivity index (χ4n) is 3.31. The summed E-state index contributed by atoms with van der Waals surface area (Å²) in [6, 6.07) is 17.3. The Morgan fingerprint density at radius 1 is 1.00 bits per heavy atom. The highest BCUT2D eigenvalue weighted by molar-refractivity contribution is 7.86. The summed E-state index contributed by atoms with van der Waals surface area (Å²) in [4.78, 5) is 4.11. The molecule has 0 aliphatic heterocycles. The minimum atomic E-state index is -4.58. The highest BCUT2D eigenvalue weighted by Gasteiger charge is 2.13. The van der Waals surface area contributed by atoms with Gasteiger partial charge in [0.25, 0.3) is 0 Å². The first-order valence-corrected chi connectivity index (χ1v) is 11.4. The minimum absolute atomic E-state index is 0.0852. The Labute approximate surface area is 184 Å². The molecule has 0 radical (unpaired) electrons. The van der Waals surface area contributed by atoms with Crippen LogP contribution in [0.5, 0.6) is 0 Å². The van der Waals surface area contributed by atoms with Crippen molar-refractivity contribution in [1.29, 1.82) is 0 Å². The number of hydrogen-bond donors (Lipinski definition) is 1. The van der Waals surface area contributed by atoms with Crippen LogP contribution < -0.4 is 5.32 Å². The fraction of sp³-hybridized carbons (Fsp3) is 0.130. The molecule has 2 aromatic heterocycles. The number of rotatable bonds is 8. The van der Waals surface area contributed by atoms with Crippen LogP contribution in [-0.4, -0.2) is 35.5 Å². The standard InChI is InChI=1S/C23H20F2N4O2S/c24-20-6-3-18(4-7-20)19-5-8-22(27-11-13-32(25,30)31)21(14-19)23-9-12-29(28-23)16-17-2-1-10-26-15-17/h1-10,12,14-15,27H,11,13,16H2. The number of benzene rings is 2. The molecule has 0 amide bonds. The first-order valence-electron chi connectivity index (χ1n) is 9.86. The van der Waals surface area contributed by atoms with Crippen molar-refractivity contribution in [3.63, 3.8) is 0 Å². The molecule has 0 aliphatic carbocycles. The van der Waals surface area contributed by atoms with Crippen molar-refractivity contribution < 1.29 is 16.7 Å². The molecule has 2 aromatic carbocycles. The number of halogens is 2. The molecule has 0 saturated heterocycles. The first-order chi connectivity index (χ1) is 15.4. The number of hydrogen-bond acceptors (Lipinski definition) is 5. The molecule has 0 unspecified atom stereocenters. The molecule has 0 saturated carbocycles. The number of nitrogens with zero attached hydrogens (tertiary/aromatic N) is 3. The van der Waals surface area contributed by atoms with E-state index in [1.807, 2.05) is 36.5 Å². The van der Waals surface area contributed by atoms with E-state index in [0.29, 0.717) is 23.5 Å². The molecule has 4 aromatic rings. The van der Waals surface area contributed by atoms with Crippen LogP contribution in [0.4, 0.5) is 14.0 Å². The van der Waals surface area contributed by atoms with Gasteiger partial charge in [-0.1, -0.05) is 24.3 Å². The predicted octanol–water partition coefficient (Wildman–Crippen LogP) is 4.51. The Kier molecular flexibility index (Phi) is 6.27. The van der Waals surface area contributed by atoms with Crippen molar-refractivity contribution in [2.45, 2.75) is 6.54 Å². The highest BCUT2D eigenvalue weighted by atomic mass is 32.3. The maximum Gasteiger partial charge on any atom is 0.304 e. The zero-order valence-corrected chi connectivity index (χ0v) is 17.8. The molecular weight excluding hydrogens is 434 g/mol. The maximum absolute atomic E-state index is 13.3. The Balaban J connectivity index is 1.66. The summed E-state index contributed by atoms with van der Waals surface area (Å²) in [5, 5.41) is 7.62. The molecule has 164 valence electrons. The molecule has 0 aliphatic rings. The van der Waals surface area contributed by atoms with Crippen LogP contribution in [0.15, 0.2) is 79.3 Å². The third-order valence-electron chi connectivity index (χ3n) is 4.84. The van der Waals surface area contributed by atoms with Crippen molar-refractivity contribution in [2.75, 3.05) is 17.6 Å². The Bertz CT molecular complexity index is 1310. The van der Waals surface area contributed by atoms with Crippen molar-refractivity contribution in [2.24, 2.45) is 0 Å². The van der Waals surface area contributed by atoms with Crippen LogP contribution in [0.3, 0.4) is 0 Å². The van der Waals surface area contributed by atoms with Crippen LogP contribution in [0.1, 0.15) is 5.56 Å². The van der Waals surface area contributed by atoms with E-state index in [-0.39, 0.29) is 12.4 Å². The number of aromatic nitrogens is 3. The van der Waals surface area contributed by atoms with Gasteiger partial charge in [-0.2, -0.15) is 13.5 Å². The summed E-state index contributed by atoms with van der Waals surface area (Å²) in [5.74, 6) is -0.962. The van der Waals surface area contributed by atoms with Gasteiger partial charge in [0.05, 0.1) is 18.0 Å². The van der Waals surface area contributed by atoms with Crippen LogP contribution in [0.2, 0.25) is 0 Å². The molecule has 32 heavy (non-hydrogen) atoms. The van der Waals surface area contributed by atoms with Gasteiger partial charge in [0.2, 0.25) is 0 Å². The lowest BCUT2D eigenvalue weighted by Crippen LogP contribution is -2.12. The lowest BCUT2D eigenvalue weighted by Gasteiger charge is -2.13. The largest absolute Gasteiger partial charge is 0.383 e. The summed E-state index contributed by atoms with van der Waals surface area (Å²) < 4.78 is 49.7. The molecular formula is C23H20F2N4O2S. The zero-order valence-electron chi connectivity index (χ0n) is 16.9. The summed E-state index contributed by atoms with van der Waals surface area (Å²) in [6.07, 6.45) is 5.30. The van der Waals surface area contributed by atoms with E-state index in [2.05, 4.69) is 15.4 Å². The van der Waals surface area contributed by atoms with Gasteiger partial charge >= 0.3 is 10.2 Å².